The van der Waals surface area contributed by atoms with Gasteiger partial charge in [0, 0.05) is 24.8 Å². The van der Waals surface area contributed by atoms with Crippen LogP contribution < -0.4 is 0 Å². The highest BCUT2D eigenvalue weighted by Crippen LogP contribution is 2.32. The van der Waals surface area contributed by atoms with E-state index >= 15 is 0 Å². The predicted octanol–water partition coefficient (Wildman–Crippen LogP) is 3.83. The number of benzene rings is 1. The lowest BCUT2D eigenvalue weighted by Crippen LogP contribution is -2.39. The SMILES string of the molecule is CCOC(=O)c1c(-c2cccc(F)c2)cn2c1CN(C(=O)OC(C)C)CC2. The van der Waals surface area contributed by atoms with Gasteiger partial charge in [0.15, 0.2) is 0 Å². The van der Waals surface area contributed by atoms with Crippen LogP contribution >= 0.6 is 0 Å². The van der Waals surface area contributed by atoms with E-state index in [1.165, 1.54) is 12.1 Å². The summed E-state index contributed by atoms with van der Waals surface area (Å²) in [7, 11) is 0. The molecule has 0 spiro atoms. The van der Waals surface area contributed by atoms with Gasteiger partial charge < -0.3 is 18.9 Å². The van der Waals surface area contributed by atoms with Crippen LogP contribution in [-0.2, 0) is 22.6 Å². The fourth-order valence-corrected chi connectivity index (χ4v) is 3.19. The summed E-state index contributed by atoms with van der Waals surface area (Å²) in [6, 6.07) is 6.09. The molecule has 0 atom stereocenters. The molecule has 0 unspecified atom stereocenters. The molecule has 3 rings (SSSR count). The number of halogens is 1. The molecule has 1 aromatic carbocycles. The Hall–Kier alpha value is -2.83. The van der Waals surface area contributed by atoms with Crippen LogP contribution in [0.1, 0.15) is 36.8 Å². The molecule has 2 aromatic rings. The Morgan fingerprint density at radius 2 is 2.04 bits per heavy atom. The number of nitrogens with zero attached hydrogens (tertiary/aromatic N) is 2. The van der Waals surface area contributed by atoms with Crippen LogP contribution in [0.2, 0.25) is 0 Å². The first-order chi connectivity index (χ1) is 12.9. The molecule has 0 bridgehead atoms. The molecule has 0 N–H and O–H groups in total. The molecule has 2 heterocycles. The van der Waals surface area contributed by atoms with Gasteiger partial charge in [-0.1, -0.05) is 12.1 Å². The fraction of sp³-hybridized carbons (Fsp3) is 0.400. The van der Waals surface area contributed by atoms with Crippen molar-refractivity contribution in [3.05, 3.63) is 47.5 Å². The smallest absolute Gasteiger partial charge is 0.410 e. The first kappa shape index (κ1) is 18.9. The number of hydrogen-bond donors (Lipinski definition) is 0. The molecule has 1 aromatic heterocycles. The summed E-state index contributed by atoms with van der Waals surface area (Å²) in [5, 5.41) is 0. The number of fused-ring (bicyclic) bond motifs is 1. The van der Waals surface area contributed by atoms with Crippen molar-refractivity contribution in [3.63, 3.8) is 0 Å². The summed E-state index contributed by atoms with van der Waals surface area (Å²) in [5.74, 6) is -0.863. The number of carbonyl (C=O) groups excluding carboxylic acids is 2. The van der Waals surface area contributed by atoms with Gasteiger partial charge in [-0.05, 0) is 38.5 Å². The molecule has 1 aliphatic rings. The monoisotopic (exact) mass is 374 g/mol. The topological polar surface area (TPSA) is 60.8 Å². The minimum absolute atomic E-state index is 0.224. The number of hydrogen-bond acceptors (Lipinski definition) is 4. The van der Waals surface area contributed by atoms with Crippen molar-refractivity contribution in [3.8, 4) is 11.1 Å². The molecule has 1 aliphatic heterocycles. The Labute approximate surface area is 157 Å². The third-order valence-corrected chi connectivity index (χ3v) is 4.35. The Morgan fingerprint density at radius 1 is 1.26 bits per heavy atom. The third-order valence-electron chi connectivity index (χ3n) is 4.35. The maximum atomic E-state index is 13.7. The van der Waals surface area contributed by atoms with Crippen molar-refractivity contribution in [2.75, 3.05) is 13.2 Å². The molecule has 27 heavy (non-hydrogen) atoms. The van der Waals surface area contributed by atoms with Crippen molar-refractivity contribution in [2.45, 2.75) is 40.0 Å². The molecule has 0 saturated heterocycles. The highest BCUT2D eigenvalue weighted by molar-refractivity contribution is 5.99. The van der Waals surface area contributed by atoms with E-state index in [1.807, 2.05) is 10.8 Å². The van der Waals surface area contributed by atoms with Crippen LogP contribution in [0.4, 0.5) is 9.18 Å². The van der Waals surface area contributed by atoms with Gasteiger partial charge in [-0.3, -0.25) is 0 Å². The molecular weight excluding hydrogens is 351 g/mol. The molecule has 0 aliphatic carbocycles. The van der Waals surface area contributed by atoms with E-state index in [4.69, 9.17) is 9.47 Å². The van der Waals surface area contributed by atoms with Gasteiger partial charge in [-0.15, -0.1) is 0 Å². The van der Waals surface area contributed by atoms with Crippen LogP contribution in [0.25, 0.3) is 11.1 Å². The van der Waals surface area contributed by atoms with Crippen LogP contribution in [0.15, 0.2) is 30.5 Å². The van der Waals surface area contributed by atoms with E-state index in [0.29, 0.717) is 35.5 Å². The lowest BCUT2D eigenvalue weighted by atomic mass is 10.0. The van der Waals surface area contributed by atoms with E-state index < -0.39 is 12.1 Å². The summed E-state index contributed by atoms with van der Waals surface area (Å²) >= 11 is 0. The molecule has 0 saturated carbocycles. The predicted molar refractivity (Wildman–Crippen MR) is 97.8 cm³/mol. The second-order valence-corrected chi connectivity index (χ2v) is 6.64. The van der Waals surface area contributed by atoms with Crippen molar-refractivity contribution < 1.29 is 23.5 Å². The summed E-state index contributed by atoms with van der Waals surface area (Å²) < 4.78 is 26.1. The fourth-order valence-electron chi connectivity index (χ4n) is 3.19. The number of amides is 1. The Morgan fingerprint density at radius 3 is 2.70 bits per heavy atom. The van der Waals surface area contributed by atoms with Gasteiger partial charge >= 0.3 is 12.1 Å². The highest BCUT2D eigenvalue weighted by Gasteiger charge is 2.30. The van der Waals surface area contributed by atoms with Gasteiger partial charge in [0.2, 0.25) is 0 Å². The third kappa shape index (κ3) is 3.97. The maximum absolute atomic E-state index is 13.7. The molecule has 144 valence electrons. The molecule has 0 fully saturated rings. The largest absolute Gasteiger partial charge is 0.462 e. The second-order valence-electron chi connectivity index (χ2n) is 6.64. The van der Waals surface area contributed by atoms with Gasteiger partial charge in [-0.25, -0.2) is 14.0 Å². The van der Waals surface area contributed by atoms with Crippen LogP contribution in [0.3, 0.4) is 0 Å². The lowest BCUT2D eigenvalue weighted by molar-refractivity contribution is 0.0514. The van der Waals surface area contributed by atoms with E-state index in [2.05, 4.69) is 0 Å². The van der Waals surface area contributed by atoms with Crippen LogP contribution in [0.5, 0.6) is 0 Å². The van der Waals surface area contributed by atoms with E-state index in [0.717, 1.165) is 0 Å². The summed E-state index contributed by atoms with van der Waals surface area (Å²) in [6.45, 7) is 6.75. The first-order valence-corrected chi connectivity index (χ1v) is 9.01. The van der Waals surface area contributed by atoms with Crippen LogP contribution in [-0.4, -0.2) is 40.8 Å². The number of ether oxygens (including phenoxy) is 2. The van der Waals surface area contributed by atoms with Crippen molar-refractivity contribution in [1.82, 2.24) is 9.47 Å². The molecule has 1 amide bonds. The molecular formula is C20H23FN2O4. The minimum atomic E-state index is -0.482. The molecule has 6 nitrogen and oxygen atoms in total. The first-order valence-electron chi connectivity index (χ1n) is 9.01. The van der Waals surface area contributed by atoms with Gasteiger partial charge in [0.25, 0.3) is 0 Å². The zero-order valence-electron chi connectivity index (χ0n) is 15.7. The average molecular weight is 374 g/mol. The number of rotatable bonds is 4. The van der Waals surface area contributed by atoms with Gasteiger partial charge in [0.1, 0.15) is 5.82 Å². The average Bonchev–Trinajstić information content (AvgIpc) is 3.00. The lowest BCUT2D eigenvalue weighted by Gasteiger charge is -2.29. The Balaban J connectivity index is 2.02. The van der Waals surface area contributed by atoms with E-state index in [9.17, 15) is 14.0 Å². The van der Waals surface area contributed by atoms with Crippen molar-refractivity contribution in [1.29, 1.82) is 0 Å². The highest BCUT2D eigenvalue weighted by atomic mass is 19.1. The standard InChI is InChI=1S/C20H23FN2O4/c1-4-26-19(24)18-16(14-6-5-7-15(21)10-14)11-22-8-9-23(12-17(18)22)20(25)27-13(2)3/h5-7,10-11,13H,4,8-9,12H2,1-3H3. The zero-order chi connectivity index (χ0) is 19.6. The van der Waals surface area contributed by atoms with E-state index in [-0.39, 0.29) is 25.1 Å². The van der Waals surface area contributed by atoms with Crippen LogP contribution in [0, 0.1) is 5.82 Å². The number of aromatic nitrogens is 1. The number of esters is 1. The summed E-state index contributed by atoms with van der Waals surface area (Å²) in [4.78, 5) is 26.5. The van der Waals surface area contributed by atoms with E-state index in [1.54, 1.807) is 37.8 Å². The van der Waals surface area contributed by atoms with Gasteiger partial charge in [-0.2, -0.15) is 0 Å². The summed E-state index contributed by atoms with van der Waals surface area (Å²) in [5.41, 5.74) is 2.22. The normalized spacial score (nSPS) is 13.4. The minimum Gasteiger partial charge on any atom is -0.462 e. The zero-order valence-corrected chi connectivity index (χ0v) is 15.7. The second kappa shape index (κ2) is 7.82. The van der Waals surface area contributed by atoms with Crippen molar-refractivity contribution >= 4 is 12.1 Å². The molecule has 0 radical (unpaired) electrons. The summed E-state index contributed by atoms with van der Waals surface area (Å²) in [6.07, 6.45) is 1.18. The Kier molecular flexibility index (Phi) is 5.48. The maximum Gasteiger partial charge on any atom is 0.410 e. The Bertz CT molecular complexity index is 860. The molecule has 7 heteroatoms. The van der Waals surface area contributed by atoms with Gasteiger partial charge in [0.05, 0.1) is 30.5 Å². The van der Waals surface area contributed by atoms with Crippen molar-refractivity contribution in [2.24, 2.45) is 0 Å². The number of carbonyl (C=O) groups is 2. The quantitative estimate of drug-likeness (QED) is 0.763.